The summed E-state index contributed by atoms with van der Waals surface area (Å²) in [5.41, 5.74) is 3.62. The van der Waals surface area contributed by atoms with E-state index in [2.05, 4.69) is 20.9 Å². The van der Waals surface area contributed by atoms with Crippen LogP contribution in [0.1, 0.15) is 34.6 Å². The molecule has 0 spiro atoms. The molecule has 1 aliphatic carbocycles. The van der Waals surface area contributed by atoms with Crippen molar-refractivity contribution in [2.75, 3.05) is 0 Å². The van der Waals surface area contributed by atoms with Crippen LogP contribution in [-0.4, -0.2) is 4.98 Å². The highest BCUT2D eigenvalue weighted by molar-refractivity contribution is 9.10. The summed E-state index contributed by atoms with van der Waals surface area (Å²) in [6.45, 7) is 0.348. The van der Waals surface area contributed by atoms with E-state index < -0.39 is 5.82 Å². The standard InChI is InChI=1S/C21H16BrF2NO/c22-19-8-14-6-7-16(17(14)10-20(19)24)18-9-15(23)11-25-21(18)26-12-13-4-2-1-3-5-13/h1-5,8-11,16H,6-7,12H2. The number of hydrogen-bond donors (Lipinski definition) is 0. The van der Waals surface area contributed by atoms with Crippen LogP contribution in [0.5, 0.6) is 5.88 Å². The Bertz CT molecular complexity index is 946. The van der Waals surface area contributed by atoms with Crippen molar-refractivity contribution in [1.29, 1.82) is 0 Å². The van der Waals surface area contributed by atoms with Gasteiger partial charge in [0.2, 0.25) is 5.88 Å². The van der Waals surface area contributed by atoms with Crippen molar-refractivity contribution in [3.8, 4) is 5.88 Å². The van der Waals surface area contributed by atoms with E-state index >= 15 is 0 Å². The molecule has 3 aromatic rings. The first-order chi connectivity index (χ1) is 12.6. The maximum Gasteiger partial charge on any atom is 0.217 e. The molecule has 0 N–H and O–H groups in total. The third kappa shape index (κ3) is 3.36. The molecule has 2 nitrogen and oxygen atoms in total. The largest absolute Gasteiger partial charge is 0.473 e. The van der Waals surface area contributed by atoms with E-state index in [0.29, 0.717) is 22.5 Å². The number of ether oxygens (including phenoxy) is 1. The predicted octanol–water partition coefficient (Wildman–Crippen LogP) is 5.78. The van der Waals surface area contributed by atoms with Gasteiger partial charge in [-0.2, -0.15) is 0 Å². The first-order valence-electron chi connectivity index (χ1n) is 8.42. The summed E-state index contributed by atoms with van der Waals surface area (Å²) in [6, 6.07) is 14.5. The van der Waals surface area contributed by atoms with Crippen molar-refractivity contribution in [2.24, 2.45) is 0 Å². The van der Waals surface area contributed by atoms with Crippen LogP contribution in [0.4, 0.5) is 8.78 Å². The van der Waals surface area contributed by atoms with Crippen LogP contribution < -0.4 is 4.74 Å². The molecule has 1 aliphatic rings. The van der Waals surface area contributed by atoms with Gasteiger partial charge < -0.3 is 4.74 Å². The number of fused-ring (bicyclic) bond motifs is 1. The highest BCUT2D eigenvalue weighted by Crippen LogP contribution is 2.42. The van der Waals surface area contributed by atoms with Gasteiger partial charge in [-0.15, -0.1) is 0 Å². The molecule has 0 amide bonds. The zero-order valence-corrected chi connectivity index (χ0v) is 15.5. The summed E-state index contributed by atoms with van der Waals surface area (Å²) in [7, 11) is 0. The van der Waals surface area contributed by atoms with Crippen molar-refractivity contribution in [3.63, 3.8) is 0 Å². The lowest BCUT2D eigenvalue weighted by Gasteiger charge is -2.17. The molecule has 1 heterocycles. The van der Waals surface area contributed by atoms with Crippen LogP contribution in [-0.2, 0) is 13.0 Å². The molecule has 0 saturated heterocycles. The minimum atomic E-state index is -0.418. The maximum absolute atomic E-state index is 14.0. The molecule has 0 aliphatic heterocycles. The number of rotatable bonds is 4. The third-order valence-electron chi connectivity index (χ3n) is 4.70. The number of aromatic nitrogens is 1. The minimum Gasteiger partial charge on any atom is -0.473 e. The molecule has 2 aromatic carbocycles. The lowest BCUT2D eigenvalue weighted by atomic mass is 9.93. The topological polar surface area (TPSA) is 22.1 Å². The number of hydrogen-bond acceptors (Lipinski definition) is 2. The number of halogens is 3. The number of aryl methyl sites for hydroxylation is 1. The highest BCUT2D eigenvalue weighted by atomic mass is 79.9. The van der Waals surface area contributed by atoms with Gasteiger partial charge in [-0.05, 0) is 63.7 Å². The van der Waals surface area contributed by atoms with Crippen LogP contribution in [0.2, 0.25) is 0 Å². The maximum atomic E-state index is 14.0. The molecule has 5 heteroatoms. The van der Waals surface area contributed by atoms with Gasteiger partial charge in [-0.1, -0.05) is 30.3 Å². The molecule has 1 aromatic heterocycles. The lowest BCUT2D eigenvalue weighted by molar-refractivity contribution is 0.288. The quantitative estimate of drug-likeness (QED) is 0.538. The normalized spacial score (nSPS) is 15.7. The molecule has 0 fully saturated rings. The van der Waals surface area contributed by atoms with Gasteiger partial charge in [0.15, 0.2) is 0 Å². The van der Waals surface area contributed by atoms with E-state index in [1.54, 1.807) is 0 Å². The summed E-state index contributed by atoms with van der Waals surface area (Å²) < 4.78 is 34.3. The summed E-state index contributed by atoms with van der Waals surface area (Å²) in [5, 5.41) is 0. The molecule has 4 rings (SSSR count). The first kappa shape index (κ1) is 17.2. The van der Waals surface area contributed by atoms with Gasteiger partial charge in [-0.3, -0.25) is 0 Å². The Morgan fingerprint density at radius 1 is 1.08 bits per heavy atom. The van der Waals surface area contributed by atoms with E-state index in [-0.39, 0.29) is 11.7 Å². The second-order valence-electron chi connectivity index (χ2n) is 6.38. The van der Waals surface area contributed by atoms with Crippen LogP contribution in [0.25, 0.3) is 0 Å². The monoisotopic (exact) mass is 415 g/mol. The smallest absolute Gasteiger partial charge is 0.217 e. The summed E-state index contributed by atoms with van der Waals surface area (Å²) in [4.78, 5) is 4.15. The van der Waals surface area contributed by atoms with Crippen molar-refractivity contribution in [1.82, 2.24) is 4.98 Å². The highest BCUT2D eigenvalue weighted by Gasteiger charge is 2.29. The Morgan fingerprint density at radius 3 is 2.69 bits per heavy atom. The van der Waals surface area contributed by atoms with Gasteiger partial charge in [-0.25, -0.2) is 13.8 Å². The van der Waals surface area contributed by atoms with E-state index in [1.165, 1.54) is 12.1 Å². The molecule has 0 bridgehead atoms. The van der Waals surface area contributed by atoms with E-state index in [1.807, 2.05) is 36.4 Å². The summed E-state index contributed by atoms with van der Waals surface area (Å²) in [5.74, 6) is -0.456. The second kappa shape index (κ2) is 7.16. The Balaban J connectivity index is 1.67. The van der Waals surface area contributed by atoms with Crippen LogP contribution in [0.15, 0.2) is 59.2 Å². The van der Waals surface area contributed by atoms with Crippen molar-refractivity contribution >= 4 is 15.9 Å². The predicted molar refractivity (Wildman–Crippen MR) is 99.2 cm³/mol. The second-order valence-corrected chi connectivity index (χ2v) is 7.23. The van der Waals surface area contributed by atoms with Gasteiger partial charge in [0.1, 0.15) is 18.2 Å². The zero-order valence-electron chi connectivity index (χ0n) is 13.9. The SMILES string of the molecule is Fc1cnc(OCc2ccccc2)c(C2CCc3cc(Br)c(F)cc32)c1. The fourth-order valence-electron chi connectivity index (χ4n) is 3.46. The average Bonchev–Trinajstić information content (AvgIpc) is 3.04. The third-order valence-corrected chi connectivity index (χ3v) is 5.31. The Labute approximate surface area is 159 Å². The Morgan fingerprint density at radius 2 is 1.88 bits per heavy atom. The molecule has 0 radical (unpaired) electrons. The molecular weight excluding hydrogens is 400 g/mol. The molecule has 0 saturated carbocycles. The van der Waals surface area contributed by atoms with Crippen molar-refractivity contribution in [3.05, 3.63) is 93.1 Å². The molecule has 132 valence electrons. The zero-order chi connectivity index (χ0) is 18.1. The van der Waals surface area contributed by atoms with Gasteiger partial charge >= 0.3 is 0 Å². The Hall–Kier alpha value is -2.27. The number of benzene rings is 2. The van der Waals surface area contributed by atoms with E-state index in [4.69, 9.17) is 4.74 Å². The van der Waals surface area contributed by atoms with Gasteiger partial charge in [0.05, 0.1) is 10.7 Å². The molecule has 1 unspecified atom stereocenters. The molecule has 1 atom stereocenters. The first-order valence-corrected chi connectivity index (χ1v) is 9.21. The number of nitrogens with zero attached hydrogens (tertiary/aromatic N) is 1. The lowest BCUT2D eigenvalue weighted by Crippen LogP contribution is -2.06. The van der Waals surface area contributed by atoms with Gasteiger partial charge in [0, 0.05) is 11.5 Å². The van der Waals surface area contributed by atoms with Crippen LogP contribution in [0, 0.1) is 11.6 Å². The molecular formula is C21H16BrF2NO. The van der Waals surface area contributed by atoms with E-state index in [9.17, 15) is 8.78 Å². The fraction of sp³-hybridized carbons (Fsp3) is 0.190. The van der Waals surface area contributed by atoms with Crippen LogP contribution >= 0.6 is 15.9 Å². The summed E-state index contributed by atoms with van der Waals surface area (Å²) >= 11 is 3.23. The minimum absolute atomic E-state index is 0.124. The van der Waals surface area contributed by atoms with E-state index in [0.717, 1.165) is 35.7 Å². The average molecular weight is 416 g/mol. The number of pyridine rings is 1. The van der Waals surface area contributed by atoms with Gasteiger partial charge in [0.25, 0.3) is 0 Å². The molecule has 26 heavy (non-hydrogen) atoms. The Kier molecular flexibility index (Phi) is 4.72. The summed E-state index contributed by atoms with van der Waals surface area (Å²) in [6.07, 6.45) is 2.74. The van der Waals surface area contributed by atoms with Crippen LogP contribution in [0.3, 0.4) is 0 Å². The van der Waals surface area contributed by atoms with Crippen molar-refractivity contribution in [2.45, 2.75) is 25.4 Å². The fourth-order valence-corrected chi connectivity index (χ4v) is 3.85. The van der Waals surface area contributed by atoms with Crippen molar-refractivity contribution < 1.29 is 13.5 Å².